The molecule has 1 atom stereocenters. The van der Waals surface area contributed by atoms with Gasteiger partial charge in [-0.05, 0) is 35.9 Å². The molecule has 3 aromatic rings. The maximum atomic E-state index is 13.3. The fourth-order valence-corrected chi connectivity index (χ4v) is 2.28. The number of pyridine rings is 1. The number of halogens is 4. The van der Waals surface area contributed by atoms with E-state index >= 15 is 0 Å². The van der Waals surface area contributed by atoms with E-state index in [4.69, 9.17) is 0 Å². The Morgan fingerprint density at radius 3 is 2.46 bits per heavy atom. The van der Waals surface area contributed by atoms with Crippen LogP contribution in [0.1, 0.15) is 22.1 Å². The fourth-order valence-electron chi connectivity index (χ4n) is 2.28. The maximum Gasteiger partial charge on any atom is 0.412 e. The van der Waals surface area contributed by atoms with Crippen molar-refractivity contribution in [3.8, 4) is 0 Å². The van der Waals surface area contributed by atoms with Crippen LogP contribution in [0.3, 0.4) is 0 Å². The second-order valence-corrected chi connectivity index (χ2v) is 5.11. The van der Waals surface area contributed by atoms with E-state index in [1.54, 1.807) is 18.3 Å². The van der Waals surface area contributed by atoms with Gasteiger partial charge >= 0.3 is 6.18 Å². The van der Waals surface area contributed by atoms with Crippen molar-refractivity contribution in [1.29, 1.82) is 0 Å². The molecule has 0 bridgehead atoms. The van der Waals surface area contributed by atoms with E-state index in [2.05, 4.69) is 9.97 Å². The number of benzene rings is 1. The molecule has 2 heterocycles. The summed E-state index contributed by atoms with van der Waals surface area (Å²) in [5, 5.41) is 1.91. The van der Waals surface area contributed by atoms with Crippen molar-refractivity contribution in [3.63, 3.8) is 0 Å². The van der Waals surface area contributed by atoms with Crippen LogP contribution in [0.15, 0.2) is 48.7 Å². The monoisotopic (exact) mass is 337 g/mol. The van der Waals surface area contributed by atoms with Crippen molar-refractivity contribution < 1.29 is 22.4 Å². The molecule has 3 rings (SSSR count). The Kier molecular flexibility index (Phi) is 3.96. The van der Waals surface area contributed by atoms with Gasteiger partial charge in [0.25, 0.3) is 5.91 Å². The number of H-pyrrole nitrogens is 1. The van der Waals surface area contributed by atoms with Crippen LogP contribution in [0.5, 0.6) is 0 Å². The number of fused-ring (bicyclic) bond motifs is 1. The molecule has 4 nitrogen and oxygen atoms in total. The lowest BCUT2D eigenvalue weighted by molar-refractivity contribution is -0.155. The second-order valence-electron chi connectivity index (χ2n) is 5.11. The average molecular weight is 337 g/mol. The third kappa shape index (κ3) is 3.22. The van der Waals surface area contributed by atoms with Crippen LogP contribution in [-0.4, -0.2) is 22.1 Å². The molecule has 0 radical (unpaired) electrons. The Balaban J connectivity index is 1.89. The van der Waals surface area contributed by atoms with E-state index < -0.39 is 23.9 Å². The van der Waals surface area contributed by atoms with Gasteiger partial charge < -0.3 is 10.3 Å². The third-order valence-electron chi connectivity index (χ3n) is 3.44. The summed E-state index contributed by atoms with van der Waals surface area (Å²) in [6.45, 7) is 0. The number of alkyl halides is 3. The van der Waals surface area contributed by atoms with Gasteiger partial charge in [-0.2, -0.15) is 13.2 Å². The number of hydrogen-bond donors (Lipinski definition) is 2. The van der Waals surface area contributed by atoms with Gasteiger partial charge in [0, 0.05) is 6.20 Å². The molecule has 0 saturated heterocycles. The number of hydrogen-bond acceptors (Lipinski definition) is 2. The predicted octanol–water partition coefficient (Wildman–Crippen LogP) is 3.74. The summed E-state index contributed by atoms with van der Waals surface area (Å²) in [4.78, 5) is 19.0. The molecule has 2 N–H and O–H groups in total. The van der Waals surface area contributed by atoms with Crippen LogP contribution in [0.4, 0.5) is 17.6 Å². The molecular weight excluding hydrogens is 326 g/mol. The second kappa shape index (κ2) is 5.95. The molecule has 1 amide bonds. The Morgan fingerprint density at radius 2 is 1.79 bits per heavy atom. The summed E-state index contributed by atoms with van der Waals surface area (Å²) in [5.41, 5.74) is 0.726. The number of nitrogens with zero attached hydrogens (tertiary/aromatic N) is 1. The number of aromatic amines is 1. The van der Waals surface area contributed by atoms with Gasteiger partial charge in [0.15, 0.2) is 6.04 Å². The van der Waals surface area contributed by atoms with Crippen LogP contribution >= 0.6 is 0 Å². The fraction of sp³-hybridized carbons (Fsp3) is 0.125. The molecule has 0 saturated carbocycles. The van der Waals surface area contributed by atoms with E-state index in [9.17, 15) is 22.4 Å². The van der Waals surface area contributed by atoms with Gasteiger partial charge in [0.1, 0.15) is 11.5 Å². The Morgan fingerprint density at radius 1 is 1.08 bits per heavy atom. The van der Waals surface area contributed by atoms with Crippen molar-refractivity contribution in [2.45, 2.75) is 12.2 Å². The van der Waals surface area contributed by atoms with Gasteiger partial charge in [0.2, 0.25) is 0 Å². The largest absolute Gasteiger partial charge is 0.412 e. The van der Waals surface area contributed by atoms with Gasteiger partial charge in [-0.15, -0.1) is 0 Å². The van der Waals surface area contributed by atoms with E-state index in [0.717, 1.165) is 24.3 Å². The zero-order valence-electron chi connectivity index (χ0n) is 12.1. The number of amides is 1. The van der Waals surface area contributed by atoms with E-state index in [-0.39, 0.29) is 11.3 Å². The van der Waals surface area contributed by atoms with Crippen molar-refractivity contribution in [3.05, 3.63) is 65.7 Å². The van der Waals surface area contributed by atoms with Gasteiger partial charge in [0.05, 0.1) is 11.0 Å². The van der Waals surface area contributed by atoms with Crippen LogP contribution in [0.25, 0.3) is 11.0 Å². The molecule has 0 fully saturated rings. The molecule has 2 aromatic heterocycles. The Bertz CT molecular complexity index is 871. The number of carbonyl (C=O) groups is 1. The van der Waals surface area contributed by atoms with Crippen molar-refractivity contribution in [2.24, 2.45) is 0 Å². The first-order valence-electron chi connectivity index (χ1n) is 6.92. The number of rotatable bonds is 3. The van der Waals surface area contributed by atoms with Crippen LogP contribution in [-0.2, 0) is 0 Å². The van der Waals surface area contributed by atoms with Crippen LogP contribution < -0.4 is 5.32 Å². The van der Waals surface area contributed by atoms with Gasteiger partial charge in [-0.1, -0.05) is 12.1 Å². The molecular formula is C16H11F4N3O. The summed E-state index contributed by atoms with van der Waals surface area (Å²) in [6, 6.07) is 6.01. The van der Waals surface area contributed by atoms with E-state index in [0.29, 0.717) is 11.0 Å². The molecule has 0 unspecified atom stereocenters. The first kappa shape index (κ1) is 16.0. The molecule has 0 aliphatic rings. The average Bonchev–Trinajstić information content (AvgIpc) is 3.00. The van der Waals surface area contributed by atoms with Gasteiger partial charge in [-0.3, -0.25) is 4.79 Å². The molecule has 0 aliphatic heterocycles. The normalized spacial score (nSPS) is 13.0. The molecule has 1 aromatic carbocycles. The Labute approximate surface area is 133 Å². The van der Waals surface area contributed by atoms with Crippen molar-refractivity contribution >= 4 is 16.9 Å². The summed E-state index contributed by atoms with van der Waals surface area (Å²) in [7, 11) is 0. The molecule has 8 heteroatoms. The smallest absolute Gasteiger partial charge is 0.360 e. The molecule has 0 spiro atoms. The molecule has 0 aliphatic carbocycles. The SMILES string of the molecule is O=C(N[C@@H](c1ccc(F)cc1)C(F)(F)F)c1ccc2[nH]ccc2n1. The lowest BCUT2D eigenvalue weighted by atomic mass is 10.1. The minimum absolute atomic E-state index is 0.140. The van der Waals surface area contributed by atoms with Gasteiger partial charge in [-0.25, -0.2) is 9.37 Å². The molecule has 124 valence electrons. The van der Waals surface area contributed by atoms with Crippen LogP contribution in [0, 0.1) is 5.82 Å². The topological polar surface area (TPSA) is 57.8 Å². The number of carbonyl (C=O) groups excluding carboxylic acids is 1. The predicted molar refractivity (Wildman–Crippen MR) is 78.8 cm³/mol. The highest BCUT2D eigenvalue weighted by molar-refractivity contribution is 5.94. The zero-order chi connectivity index (χ0) is 17.3. The first-order valence-corrected chi connectivity index (χ1v) is 6.92. The number of nitrogens with one attached hydrogen (secondary N) is 2. The summed E-state index contributed by atoms with van der Waals surface area (Å²) < 4.78 is 52.7. The standard InChI is InChI=1S/C16H11F4N3O/c17-10-3-1-9(2-4-10)14(16(18,19)20)23-15(24)13-6-5-11-12(22-13)7-8-21-11/h1-8,14,21H,(H,23,24)/t14-/m0/s1. The van der Waals surface area contributed by atoms with Crippen molar-refractivity contribution in [1.82, 2.24) is 15.3 Å². The highest BCUT2D eigenvalue weighted by Crippen LogP contribution is 2.33. The lowest BCUT2D eigenvalue weighted by Crippen LogP contribution is -2.38. The minimum atomic E-state index is -4.73. The molecule has 24 heavy (non-hydrogen) atoms. The maximum absolute atomic E-state index is 13.3. The summed E-state index contributed by atoms with van der Waals surface area (Å²) >= 11 is 0. The first-order chi connectivity index (χ1) is 11.3. The Hall–Kier alpha value is -2.90. The highest BCUT2D eigenvalue weighted by Gasteiger charge is 2.42. The third-order valence-corrected chi connectivity index (χ3v) is 3.44. The van der Waals surface area contributed by atoms with E-state index in [1.807, 2.05) is 5.32 Å². The minimum Gasteiger partial charge on any atom is -0.360 e. The lowest BCUT2D eigenvalue weighted by Gasteiger charge is -2.22. The summed E-state index contributed by atoms with van der Waals surface area (Å²) in [5.74, 6) is -1.63. The van der Waals surface area contributed by atoms with Crippen LogP contribution in [0.2, 0.25) is 0 Å². The van der Waals surface area contributed by atoms with E-state index in [1.165, 1.54) is 6.07 Å². The van der Waals surface area contributed by atoms with Crippen molar-refractivity contribution in [2.75, 3.05) is 0 Å². The highest BCUT2D eigenvalue weighted by atomic mass is 19.4. The number of aromatic nitrogens is 2. The quantitative estimate of drug-likeness (QED) is 0.716. The summed E-state index contributed by atoms with van der Waals surface area (Å²) in [6.07, 6.45) is -3.12. The zero-order valence-corrected chi connectivity index (χ0v) is 12.1.